The number of nitrogens with zero attached hydrogens (tertiary/aromatic N) is 3. The Morgan fingerprint density at radius 1 is 1.23 bits per heavy atom. The zero-order valence-electron chi connectivity index (χ0n) is 17.2. The van der Waals surface area contributed by atoms with E-state index in [1.165, 1.54) is 0 Å². The van der Waals surface area contributed by atoms with E-state index in [0.717, 1.165) is 15.3 Å². The van der Waals surface area contributed by atoms with Crippen LogP contribution >= 0.6 is 22.9 Å². The van der Waals surface area contributed by atoms with E-state index in [-0.39, 0.29) is 18.3 Å². The molecule has 0 unspecified atom stereocenters. The number of fused-ring (bicyclic) bond motifs is 2. The second kappa shape index (κ2) is 7.81. The van der Waals surface area contributed by atoms with Gasteiger partial charge in [0.05, 0.1) is 17.0 Å². The van der Waals surface area contributed by atoms with Crippen LogP contribution in [0.3, 0.4) is 0 Å². The number of nitrogens with one attached hydrogen (secondary N) is 1. The number of halogens is 1. The van der Waals surface area contributed by atoms with E-state index in [1.807, 2.05) is 13.8 Å². The van der Waals surface area contributed by atoms with E-state index in [0.29, 0.717) is 66.0 Å². The van der Waals surface area contributed by atoms with Crippen molar-refractivity contribution in [2.24, 2.45) is 0 Å². The van der Waals surface area contributed by atoms with Gasteiger partial charge in [0.2, 0.25) is 6.79 Å². The molecule has 1 fully saturated rings. The van der Waals surface area contributed by atoms with Crippen molar-refractivity contribution in [3.63, 3.8) is 0 Å². The lowest BCUT2D eigenvalue weighted by atomic mass is 10.1. The zero-order chi connectivity index (χ0) is 21.7. The first kappa shape index (κ1) is 20.3. The highest BCUT2D eigenvalue weighted by molar-refractivity contribution is 7.18. The lowest BCUT2D eigenvalue weighted by Crippen LogP contribution is -2.48. The number of aromatic nitrogens is 2. The third kappa shape index (κ3) is 3.66. The van der Waals surface area contributed by atoms with Crippen LogP contribution in [0.5, 0.6) is 11.5 Å². The van der Waals surface area contributed by atoms with Gasteiger partial charge >= 0.3 is 0 Å². The molecular weight excluding hydrogens is 440 g/mol. The van der Waals surface area contributed by atoms with Gasteiger partial charge in [-0.1, -0.05) is 11.6 Å². The number of hydrogen-bond acceptors (Lipinski definition) is 7. The second-order valence-electron chi connectivity index (χ2n) is 7.74. The van der Waals surface area contributed by atoms with Crippen molar-refractivity contribution in [3.05, 3.63) is 49.3 Å². The molecule has 2 aromatic heterocycles. The number of aromatic amines is 1. The molecule has 4 heterocycles. The first-order chi connectivity index (χ1) is 14.9. The van der Waals surface area contributed by atoms with Crippen molar-refractivity contribution in [1.29, 1.82) is 0 Å². The maximum Gasteiger partial charge on any atom is 0.259 e. The van der Waals surface area contributed by atoms with Gasteiger partial charge < -0.3 is 19.4 Å². The molecule has 0 aliphatic carbocycles. The largest absolute Gasteiger partial charge is 0.454 e. The summed E-state index contributed by atoms with van der Waals surface area (Å²) in [5.74, 6) is 1.55. The number of hydrogen-bond donors (Lipinski definition) is 1. The van der Waals surface area contributed by atoms with E-state index in [1.54, 1.807) is 28.4 Å². The number of amides is 1. The summed E-state index contributed by atoms with van der Waals surface area (Å²) in [4.78, 5) is 38.9. The van der Waals surface area contributed by atoms with Crippen molar-refractivity contribution < 1.29 is 14.3 Å². The number of carbonyl (C=O) groups excluding carboxylic acids is 1. The fourth-order valence-electron chi connectivity index (χ4n) is 3.97. The van der Waals surface area contributed by atoms with E-state index in [4.69, 9.17) is 21.1 Å². The average molecular weight is 461 g/mol. The lowest BCUT2D eigenvalue weighted by Gasteiger charge is -2.34. The van der Waals surface area contributed by atoms with Crippen molar-refractivity contribution in [2.45, 2.75) is 20.4 Å². The fraction of sp³-hybridized carbons (Fsp3) is 0.381. The highest BCUT2D eigenvalue weighted by atomic mass is 35.5. The Bertz CT molecular complexity index is 1250. The summed E-state index contributed by atoms with van der Waals surface area (Å²) >= 11 is 7.77. The predicted octanol–water partition coefficient (Wildman–Crippen LogP) is 2.94. The van der Waals surface area contributed by atoms with Gasteiger partial charge in [0.1, 0.15) is 10.7 Å². The van der Waals surface area contributed by atoms with Gasteiger partial charge in [-0.3, -0.25) is 14.5 Å². The standard InChI is InChI=1S/C21H21ClN4O4S/c1-11-12(2)31-20-17(11)19(27)23-16(24-20)9-25-3-5-26(6-4-25)21(28)13-7-14(22)18-15(8-13)29-10-30-18/h7-8H,3-6,9-10H2,1-2H3,(H,23,24,27). The Labute approximate surface area is 187 Å². The molecule has 1 N–H and O–H groups in total. The number of aryl methyl sites for hydroxylation is 2. The summed E-state index contributed by atoms with van der Waals surface area (Å²) < 4.78 is 10.7. The van der Waals surface area contributed by atoms with Crippen LogP contribution in [0.1, 0.15) is 26.6 Å². The molecule has 10 heteroatoms. The number of rotatable bonds is 3. The number of ether oxygens (including phenoxy) is 2. The molecule has 162 valence electrons. The van der Waals surface area contributed by atoms with Gasteiger partial charge in [0.15, 0.2) is 11.5 Å². The molecule has 31 heavy (non-hydrogen) atoms. The smallest absolute Gasteiger partial charge is 0.259 e. The SMILES string of the molecule is Cc1sc2nc(CN3CCN(C(=O)c4cc(Cl)c5c(c4)OCO5)CC3)[nH]c(=O)c2c1C. The molecule has 0 radical (unpaired) electrons. The van der Waals surface area contributed by atoms with Gasteiger partial charge in [-0.2, -0.15) is 0 Å². The first-order valence-electron chi connectivity index (χ1n) is 10.0. The first-order valence-corrected chi connectivity index (χ1v) is 11.2. The molecule has 0 spiro atoms. The summed E-state index contributed by atoms with van der Waals surface area (Å²) in [6, 6.07) is 3.30. The maximum absolute atomic E-state index is 12.9. The Balaban J connectivity index is 1.26. The summed E-state index contributed by atoms with van der Waals surface area (Å²) in [5, 5.41) is 1.06. The van der Waals surface area contributed by atoms with Crippen LogP contribution < -0.4 is 15.0 Å². The third-order valence-electron chi connectivity index (χ3n) is 5.80. The zero-order valence-corrected chi connectivity index (χ0v) is 18.7. The second-order valence-corrected chi connectivity index (χ2v) is 9.35. The molecule has 8 nitrogen and oxygen atoms in total. The average Bonchev–Trinajstić information content (AvgIpc) is 3.33. The third-order valence-corrected chi connectivity index (χ3v) is 7.18. The van der Waals surface area contributed by atoms with Crippen LogP contribution in [-0.2, 0) is 6.54 Å². The molecule has 5 rings (SSSR count). The maximum atomic E-state index is 12.9. The van der Waals surface area contributed by atoms with Crippen molar-refractivity contribution in [2.75, 3.05) is 33.0 Å². The van der Waals surface area contributed by atoms with Crippen LogP contribution in [-0.4, -0.2) is 58.6 Å². The number of H-pyrrole nitrogens is 1. The van der Waals surface area contributed by atoms with Gasteiger partial charge in [-0.15, -0.1) is 11.3 Å². The molecule has 0 atom stereocenters. The summed E-state index contributed by atoms with van der Waals surface area (Å²) in [6.45, 7) is 7.14. The molecule has 1 amide bonds. The highest BCUT2D eigenvalue weighted by Crippen LogP contribution is 2.40. The van der Waals surface area contributed by atoms with Crippen LogP contribution in [0.25, 0.3) is 10.2 Å². The molecule has 1 saturated heterocycles. The lowest BCUT2D eigenvalue weighted by molar-refractivity contribution is 0.0625. The fourth-order valence-corrected chi connectivity index (χ4v) is 5.28. The molecule has 0 bridgehead atoms. The molecule has 0 saturated carbocycles. The molecule has 1 aromatic carbocycles. The predicted molar refractivity (Wildman–Crippen MR) is 118 cm³/mol. The Kier molecular flexibility index (Phi) is 5.11. The van der Waals surface area contributed by atoms with Gasteiger partial charge in [-0.25, -0.2) is 4.98 Å². The van der Waals surface area contributed by atoms with Gasteiger partial charge in [-0.05, 0) is 31.5 Å². The molecular formula is C21H21ClN4O4S. The minimum Gasteiger partial charge on any atom is -0.454 e. The van der Waals surface area contributed by atoms with Crippen molar-refractivity contribution in [1.82, 2.24) is 19.8 Å². The summed E-state index contributed by atoms with van der Waals surface area (Å²) in [6.07, 6.45) is 0. The molecule has 2 aliphatic heterocycles. The Morgan fingerprint density at radius 2 is 2.00 bits per heavy atom. The van der Waals surface area contributed by atoms with Gasteiger partial charge in [0, 0.05) is 36.6 Å². The monoisotopic (exact) mass is 460 g/mol. The summed E-state index contributed by atoms with van der Waals surface area (Å²) in [7, 11) is 0. The van der Waals surface area contributed by atoms with Crippen LogP contribution in [0, 0.1) is 13.8 Å². The van der Waals surface area contributed by atoms with Crippen molar-refractivity contribution >= 4 is 39.1 Å². The minimum atomic E-state index is -0.0876. The van der Waals surface area contributed by atoms with Crippen LogP contribution in [0.2, 0.25) is 5.02 Å². The quantitative estimate of drug-likeness (QED) is 0.646. The number of thiophene rings is 1. The van der Waals surface area contributed by atoms with Crippen LogP contribution in [0.4, 0.5) is 0 Å². The normalized spacial score (nSPS) is 16.3. The minimum absolute atomic E-state index is 0.0858. The number of carbonyl (C=O) groups is 1. The Hall–Kier alpha value is -2.62. The van der Waals surface area contributed by atoms with Crippen LogP contribution in [0.15, 0.2) is 16.9 Å². The van der Waals surface area contributed by atoms with Gasteiger partial charge in [0.25, 0.3) is 11.5 Å². The topological polar surface area (TPSA) is 87.8 Å². The van der Waals surface area contributed by atoms with E-state index >= 15 is 0 Å². The van der Waals surface area contributed by atoms with Crippen molar-refractivity contribution in [3.8, 4) is 11.5 Å². The number of benzene rings is 1. The van der Waals surface area contributed by atoms with E-state index in [2.05, 4.69) is 14.9 Å². The molecule has 3 aromatic rings. The Morgan fingerprint density at radius 3 is 2.77 bits per heavy atom. The number of piperazine rings is 1. The highest BCUT2D eigenvalue weighted by Gasteiger charge is 2.26. The molecule has 2 aliphatic rings. The van der Waals surface area contributed by atoms with E-state index < -0.39 is 0 Å². The van der Waals surface area contributed by atoms with E-state index in [9.17, 15) is 9.59 Å². The summed E-state index contributed by atoms with van der Waals surface area (Å²) in [5.41, 5.74) is 1.40.